The Morgan fingerprint density at radius 2 is 1.90 bits per heavy atom. The summed E-state index contributed by atoms with van der Waals surface area (Å²) in [5, 5.41) is 12.7. The molecule has 0 bridgehead atoms. The fourth-order valence-corrected chi connectivity index (χ4v) is 3.91. The average molecular weight is 418 g/mol. The van der Waals surface area contributed by atoms with Gasteiger partial charge in [0.05, 0.1) is 30.2 Å². The second-order valence-electron chi connectivity index (χ2n) is 7.62. The zero-order chi connectivity index (χ0) is 21.4. The van der Waals surface area contributed by atoms with Crippen LogP contribution < -0.4 is 4.74 Å². The molecule has 2 atom stereocenters. The smallest absolute Gasteiger partial charge is 0.319 e. The fourth-order valence-electron chi connectivity index (χ4n) is 3.91. The molecule has 0 aliphatic carbocycles. The van der Waals surface area contributed by atoms with Gasteiger partial charge in [-0.05, 0) is 38.8 Å². The molecule has 1 aliphatic heterocycles. The van der Waals surface area contributed by atoms with E-state index in [9.17, 15) is 4.79 Å². The second-order valence-corrected chi connectivity index (χ2v) is 7.62. The Labute approximate surface area is 178 Å². The first-order valence-electron chi connectivity index (χ1n) is 10.2. The lowest BCUT2D eigenvalue weighted by atomic mass is 9.99. The molecule has 10 nitrogen and oxygen atoms in total. The Morgan fingerprint density at radius 1 is 1.10 bits per heavy atom. The third-order valence-electron chi connectivity index (χ3n) is 5.47. The first-order valence-corrected chi connectivity index (χ1v) is 10.2. The monoisotopic (exact) mass is 418 g/mol. The molecule has 3 aromatic heterocycles. The van der Waals surface area contributed by atoms with Gasteiger partial charge in [-0.25, -0.2) is 9.97 Å². The van der Waals surface area contributed by atoms with Crippen molar-refractivity contribution in [2.24, 2.45) is 0 Å². The second kappa shape index (κ2) is 7.78. The van der Waals surface area contributed by atoms with Crippen LogP contribution in [0.2, 0.25) is 0 Å². The molecule has 0 unspecified atom stereocenters. The predicted molar refractivity (Wildman–Crippen MR) is 111 cm³/mol. The van der Waals surface area contributed by atoms with Crippen molar-refractivity contribution >= 4 is 11.6 Å². The van der Waals surface area contributed by atoms with Gasteiger partial charge in [-0.15, -0.1) is 5.10 Å². The fraction of sp³-hybridized carbons (Fsp3) is 0.333. The number of carbonyl (C=O) groups excluding carboxylic acids is 1. The maximum atomic E-state index is 13.5. The number of para-hydroxylation sites is 1. The lowest BCUT2D eigenvalue weighted by Crippen LogP contribution is -2.49. The van der Waals surface area contributed by atoms with E-state index < -0.39 is 0 Å². The van der Waals surface area contributed by atoms with E-state index in [1.54, 1.807) is 35.2 Å². The molecule has 1 amide bonds. The maximum Gasteiger partial charge on any atom is 0.319 e. The van der Waals surface area contributed by atoms with E-state index in [0.717, 1.165) is 12.8 Å². The van der Waals surface area contributed by atoms with Crippen molar-refractivity contribution in [1.82, 2.24) is 39.5 Å². The van der Waals surface area contributed by atoms with E-state index in [1.165, 1.54) is 4.80 Å². The highest BCUT2D eigenvalue weighted by atomic mass is 16.5. The molecule has 5 rings (SSSR count). The summed E-state index contributed by atoms with van der Waals surface area (Å²) in [5.74, 6) is 0.576. The van der Waals surface area contributed by atoms with Gasteiger partial charge in [0, 0.05) is 18.3 Å². The topological polar surface area (TPSA) is 103 Å². The molecule has 1 aromatic carbocycles. The number of aromatic nitrogens is 7. The molecular weight excluding hydrogens is 396 g/mol. The molecule has 0 radical (unpaired) electrons. The Kier molecular flexibility index (Phi) is 4.81. The van der Waals surface area contributed by atoms with Crippen LogP contribution >= 0.6 is 0 Å². The average Bonchev–Trinajstić information content (AvgIpc) is 3.44. The first-order chi connectivity index (χ1) is 15.1. The van der Waals surface area contributed by atoms with Gasteiger partial charge < -0.3 is 9.64 Å². The van der Waals surface area contributed by atoms with Gasteiger partial charge in [-0.3, -0.25) is 4.79 Å². The molecule has 4 aromatic rings. The highest BCUT2D eigenvalue weighted by molar-refractivity contribution is 5.98. The quantitative estimate of drug-likeness (QED) is 0.500. The van der Waals surface area contributed by atoms with E-state index in [-0.39, 0.29) is 18.1 Å². The number of likely N-dealkylation sites (tertiary alicyclic amines) is 1. The van der Waals surface area contributed by atoms with Crippen molar-refractivity contribution in [3.63, 3.8) is 0 Å². The predicted octanol–water partition coefficient (Wildman–Crippen LogP) is 2.09. The molecule has 0 N–H and O–H groups in total. The maximum absolute atomic E-state index is 13.5. The van der Waals surface area contributed by atoms with Crippen molar-refractivity contribution in [1.29, 1.82) is 0 Å². The van der Waals surface area contributed by atoms with E-state index in [4.69, 9.17) is 4.74 Å². The summed E-state index contributed by atoms with van der Waals surface area (Å²) in [5.41, 5.74) is 1.89. The Hall–Kier alpha value is -3.82. The van der Waals surface area contributed by atoms with Crippen LogP contribution in [0.15, 0.2) is 48.9 Å². The number of rotatable bonds is 4. The standard InChI is InChI=1S/C21H22N8O2/c1-14-7-8-16(31-21-22-10-9-19-25-15(2)26-28(19)21)13-27(14)20(30)17-5-3-4-6-18(17)29-23-11-12-24-29/h3-6,9-12,14,16H,7-8,13H2,1-2H3/t14-,16-/m1/s1. The minimum atomic E-state index is -0.197. The molecule has 1 aliphatic rings. The number of fused-ring (bicyclic) bond motifs is 1. The largest absolute Gasteiger partial charge is 0.458 e. The first kappa shape index (κ1) is 19.2. The Balaban J connectivity index is 1.40. The molecule has 31 heavy (non-hydrogen) atoms. The third-order valence-corrected chi connectivity index (χ3v) is 5.47. The van der Waals surface area contributed by atoms with E-state index in [0.29, 0.717) is 35.3 Å². The normalized spacial score (nSPS) is 19.0. The van der Waals surface area contributed by atoms with Gasteiger partial charge in [-0.1, -0.05) is 12.1 Å². The zero-order valence-electron chi connectivity index (χ0n) is 17.3. The van der Waals surface area contributed by atoms with Crippen molar-refractivity contribution in [2.45, 2.75) is 38.8 Å². The van der Waals surface area contributed by atoms with E-state index in [2.05, 4.69) is 32.2 Å². The van der Waals surface area contributed by atoms with E-state index in [1.807, 2.05) is 30.0 Å². The number of hydrogen-bond acceptors (Lipinski definition) is 7. The van der Waals surface area contributed by atoms with Crippen LogP contribution in [0.3, 0.4) is 0 Å². The summed E-state index contributed by atoms with van der Waals surface area (Å²) in [6.07, 6.45) is 6.28. The van der Waals surface area contributed by atoms with Gasteiger partial charge in [0.25, 0.3) is 5.91 Å². The highest BCUT2D eigenvalue weighted by Crippen LogP contribution is 2.25. The molecule has 1 saturated heterocycles. The summed E-state index contributed by atoms with van der Waals surface area (Å²) >= 11 is 0. The Bertz CT molecular complexity index is 1220. The number of nitrogens with zero attached hydrogens (tertiary/aromatic N) is 8. The van der Waals surface area contributed by atoms with Crippen LogP contribution in [0.5, 0.6) is 6.01 Å². The lowest BCUT2D eigenvalue weighted by molar-refractivity contribution is 0.0352. The zero-order valence-corrected chi connectivity index (χ0v) is 17.3. The summed E-state index contributed by atoms with van der Waals surface area (Å²) < 4.78 is 7.77. The molecule has 4 heterocycles. The van der Waals surface area contributed by atoms with Gasteiger partial charge in [0.1, 0.15) is 11.9 Å². The number of carbonyl (C=O) groups is 1. The Morgan fingerprint density at radius 3 is 2.74 bits per heavy atom. The minimum Gasteiger partial charge on any atom is -0.458 e. The van der Waals surface area contributed by atoms with Gasteiger partial charge >= 0.3 is 6.01 Å². The molecule has 10 heteroatoms. The number of aryl methyl sites for hydroxylation is 1. The van der Waals surface area contributed by atoms with Gasteiger partial charge in [-0.2, -0.15) is 19.5 Å². The van der Waals surface area contributed by atoms with Crippen molar-refractivity contribution in [3.8, 4) is 11.7 Å². The number of ether oxygens (including phenoxy) is 1. The summed E-state index contributed by atoms with van der Waals surface area (Å²) in [4.78, 5) is 25.5. The molecular formula is C21H22N8O2. The summed E-state index contributed by atoms with van der Waals surface area (Å²) in [6, 6.07) is 9.61. The van der Waals surface area contributed by atoms with Crippen LogP contribution in [0, 0.1) is 6.92 Å². The summed E-state index contributed by atoms with van der Waals surface area (Å²) in [6.45, 7) is 4.33. The number of amides is 1. The van der Waals surface area contributed by atoms with Crippen LogP contribution in [-0.4, -0.2) is 64.1 Å². The number of benzene rings is 1. The highest BCUT2D eigenvalue weighted by Gasteiger charge is 2.32. The van der Waals surface area contributed by atoms with Crippen LogP contribution in [0.25, 0.3) is 11.3 Å². The number of hydrogen-bond donors (Lipinski definition) is 0. The SMILES string of the molecule is Cc1nc2ccnc(O[C@@H]3CC[C@@H](C)N(C(=O)c4ccccc4-n4nccn4)C3)n2n1. The van der Waals surface area contributed by atoms with Crippen molar-refractivity contribution < 1.29 is 9.53 Å². The van der Waals surface area contributed by atoms with Gasteiger partial charge in [0.2, 0.25) is 0 Å². The van der Waals surface area contributed by atoms with Gasteiger partial charge in [0.15, 0.2) is 5.65 Å². The minimum absolute atomic E-state index is 0.0727. The van der Waals surface area contributed by atoms with E-state index >= 15 is 0 Å². The summed E-state index contributed by atoms with van der Waals surface area (Å²) in [7, 11) is 0. The molecule has 0 saturated carbocycles. The van der Waals surface area contributed by atoms with Crippen molar-refractivity contribution in [3.05, 3.63) is 60.3 Å². The van der Waals surface area contributed by atoms with Crippen LogP contribution in [-0.2, 0) is 0 Å². The number of piperidine rings is 1. The molecule has 158 valence electrons. The third kappa shape index (κ3) is 3.60. The molecule has 0 spiro atoms. The molecule has 1 fully saturated rings. The van der Waals surface area contributed by atoms with Crippen LogP contribution in [0.1, 0.15) is 35.9 Å². The van der Waals surface area contributed by atoms with Crippen LogP contribution in [0.4, 0.5) is 0 Å². The lowest BCUT2D eigenvalue weighted by Gasteiger charge is -2.37. The van der Waals surface area contributed by atoms with Crippen molar-refractivity contribution in [2.75, 3.05) is 6.54 Å².